The summed E-state index contributed by atoms with van der Waals surface area (Å²) in [5.74, 6) is 0.770. The van der Waals surface area contributed by atoms with Gasteiger partial charge in [-0.15, -0.1) is 0 Å². The minimum atomic E-state index is 0.0137. The number of ether oxygens (including phenoxy) is 1. The maximum atomic E-state index is 6.09. The van der Waals surface area contributed by atoms with E-state index in [2.05, 4.69) is 12.1 Å². The molecule has 0 bridgehead atoms. The monoisotopic (exact) mass is 233 g/mol. The summed E-state index contributed by atoms with van der Waals surface area (Å²) in [6.45, 7) is 1.53. The van der Waals surface area contributed by atoms with Gasteiger partial charge in [0.2, 0.25) is 0 Å². The number of hydrogen-bond acceptors (Lipinski definition) is 2. The Kier molecular flexibility index (Phi) is 5.02. The molecule has 2 N–H and O–H groups in total. The van der Waals surface area contributed by atoms with Crippen molar-refractivity contribution < 1.29 is 4.74 Å². The van der Waals surface area contributed by atoms with Gasteiger partial charge in [-0.1, -0.05) is 49.6 Å². The minimum Gasteiger partial charge on any atom is -0.379 e. The van der Waals surface area contributed by atoms with E-state index >= 15 is 0 Å². The summed E-state index contributed by atoms with van der Waals surface area (Å²) in [6.07, 6.45) is 6.82. The first-order valence-corrected chi connectivity index (χ1v) is 6.74. The van der Waals surface area contributed by atoms with Crippen LogP contribution in [0.3, 0.4) is 0 Å². The van der Waals surface area contributed by atoms with E-state index in [9.17, 15) is 0 Å². The zero-order valence-corrected chi connectivity index (χ0v) is 10.5. The first-order chi connectivity index (χ1) is 8.36. The van der Waals surface area contributed by atoms with Gasteiger partial charge in [-0.2, -0.15) is 0 Å². The minimum absolute atomic E-state index is 0.0137. The largest absolute Gasteiger partial charge is 0.379 e. The van der Waals surface area contributed by atoms with E-state index < -0.39 is 0 Å². The molecule has 1 aliphatic rings. The Morgan fingerprint density at radius 2 is 1.82 bits per heavy atom. The zero-order valence-electron chi connectivity index (χ0n) is 10.5. The molecular weight excluding hydrogens is 210 g/mol. The highest BCUT2D eigenvalue weighted by Gasteiger charge is 2.14. The van der Waals surface area contributed by atoms with E-state index in [0.29, 0.717) is 6.61 Å². The van der Waals surface area contributed by atoms with Gasteiger partial charge in [0.1, 0.15) is 0 Å². The molecular formula is C15H23NO. The van der Waals surface area contributed by atoms with Crippen molar-refractivity contribution >= 4 is 0 Å². The van der Waals surface area contributed by atoms with Gasteiger partial charge in [0.05, 0.1) is 12.6 Å². The van der Waals surface area contributed by atoms with Crippen molar-refractivity contribution in [3.05, 3.63) is 35.9 Å². The van der Waals surface area contributed by atoms with Crippen LogP contribution in [-0.2, 0) is 4.74 Å². The Labute approximate surface area is 104 Å². The van der Waals surface area contributed by atoms with Crippen molar-refractivity contribution in [1.82, 2.24) is 0 Å². The van der Waals surface area contributed by atoms with Gasteiger partial charge >= 0.3 is 0 Å². The second kappa shape index (κ2) is 6.77. The number of nitrogens with two attached hydrogens (primary N) is 1. The lowest BCUT2D eigenvalue weighted by molar-refractivity contribution is 0.0759. The molecule has 1 atom stereocenters. The van der Waals surface area contributed by atoms with E-state index in [1.807, 2.05) is 18.2 Å². The highest BCUT2D eigenvalue weighted by Crippen LogP contribution is 2.24. The molecule has 1 fully saturated rings. The van der Waals surface area contributed by atoms with Crippen LogP contribution in [0.1, 0.15) is 43.7 Å². The van der Waals surface area contributed by atoms with Gasteiger partial charge in [0.15, 0.2) is 0 Å². The van der Waals surface area contributed by atoms with Crippen LogP contribution >= 0.6 is 0 Å². The quantitative estimate of drug-likeness (QED) is 0.847. The van der Waals surface area contributed by atoms with Gasteiger partial charge in [-0.25, -0.2) is 0 Å². The van der Waals surface area contributed by atoms with Crippen molar-refractivity contribution in [2.45, 2.75) is 38.1 Å². The maximum absolute atomic E-state index is 6.09. The Morgan fingerprint density at radius 3 is 2.53 bits per heavy atom. The third-order valence-corrected chi connectivity index (χ3v) is 3.60. The lowest BCUT2D eigenvalue weighted by atomic mass is 9.90. The molecule has 2 nitrogen and oxygen atoms in total. The van der Waals surface area contributed by atoms with Crippen molar-refractivity contribution in [2.24, 2.45) is 11.7 Å². The van der Waals surface area contributed by atoms with E-state index in [1.165, 1.54) is 32.1 Å². The van der Waals surface area contributed by atoms with Crippen LogP contribution in [0.2, 0.25) is 0 Å². The molecule has 1 aromatic rings. The fourth-order valence-corrected chi connectivity index (χ4v) is 2.51. The third kappa shape index (κ3) is 4.14. The molecule has 2 heteroatoms. The average Bonchev–Trinajstić information content (AvgIpc) is 2.41. The summed E-state index contributed by atoms with van der Waals surface area (Å²) in [5, 5.41) is 0. The van der Waals surface area contributed by atoms with Crippen molar-refractivity contribution in [2.75, 3.05) is 13.2 Å². The Hall–Kier alpha value is -0.860. The lowest BCUT2D eigenvalue weighted by Crippen LogP contribution is -2.20. The molecule has 0 saturated heterocycles. The van der Waals surface area contributed by atoms with Crippen LogP contribution in [-0.4, -0.2) is 13.2 Å². The van der Waals surface area contributed by atoms with Crippen LogP contribution in [0.5, 0.6) is 0 Å². The molecule has 1 unspecified atom stereocenters. The van der Waals surface area contributed by atoms with Crippen LogP contribution < -0.4 is 5.73 Å². The SMILES string of the molecule is NC(COCC1CCCCC1)c1ccccc1. The molecule has 94 valence electrons. The molecule has 1 aromatic carbocycles. The average molecular weight is 233 g/mol. The summed E-state index contributed by atoms with van der Waals surface area (Å²) in [7, 11) is 0. The normalized spacial score (nSPS) is 19.1. The third-order valence-electron chi connectivity index (χ3n) is 3.60. The summed E-state index contributed by atoms with van der Waals surface area (Å²) in [5.41, 5.74) is 7.25. The van der Waals surface area contributed by atoms with Crippen molar-refractivity contribution in [3.8, 4) is 0 Å². The maximum Gasteiger partial charge on any atom is 0.0659 e. The summed E-state index contributed by atoms with van der Waals surface area (Å²) < 4.78 is 5.76. The van der Waals surface area contributed by atoms with E-state index in [4.69, 9.17) is 10.5 Å². The first kappa shape index (κ1) is 12.6. The van der Waals surface area contributed by atoms with Crippen LogP contribution in [0.4, 0.5) is 0 Å². The standard InChI is InChI=1S/C15H23NO/c16-15(14-9-5-2-6-10-14)12-17-11-13-7-3-1-4-8-13/h2,5-6,9-10,13,15H,1,3-4,7-8,11-12,16H2. The highest BCUT2D eigenvalue weighted by molar-refractivity contribution is 5.18. The molecule has 17 heavy (non-hydrogen) atoms. The lowest BCUT2D eigenvalue weighted by Gasteiger charge is -2.22. The fraction of sp³-hybridized carbons (Fsp3) is 0.600. The van der Waals surface area contributed by atoms with Gasteiger partial charge in [-0.05, 0) is 24.3 Å². The predicted molar refractivity (Wildman–Crippen MR) is 70.8 cm³/mol. The van der Waals surface area contributed by atoms with Gasteiger partial charge < -0.3 is 10.5 Å². The fourth-order valence-electron chi connectivity index (χ4n) is 2.51. The predicted octanol–water partition coefficient (Wildman–Crippen LogP) is 3.28. The molecule has 0 radical (unpaired) electrons. The summed E-state index contributed by atoms with van der Waals surface area (Å²) in [6, 6.07) is 10.2. The number of benzene rings is 1. The number of hydrogen-bond donors (Lipinski definition) is 1. The second-order valence-corrected chi connectivity index (χ2v) is 5.06. The molecule has 1 saturated carbocycles. The molecule has 0 aromatic heterocycles. The molecule has 2 rings (SSSR count). The Morgan fingerprint density at radius 1 is 1.12 bits per heavy atom. The Balaban J connectivity index is 1.67. The van der Waals surface area contributed by atoms with Gasteiger partial charge in [-0.3, -0.25) is 0 Å². The van der Waals surface area contributed by atoms with E-state index in [0.717, 1.165) is 18.1 Å². The van der Waals surface area contributed by atoms with Crippen LogP contribution in [0.25, 0.3) is 0 Å². The van der Waals surface area contributed by atoms with Crippen LogP contribution in [0, 0.1) is 5.92 Å². The summed E-state index contributed by atoms with van der Waals surface area (Å²) in [4.78, 5) is 0. The van der Waals surface area contributed by atoms with Crippen molar-refractivity contribution in [3.63, 3.8) is 0 Å². The molecule has 0 heterocycles. The smallest absolute Gasteiger partial charge is 0.0659 e. The second-order valence-electron chi connectivity index (χ2n) is 5.06. The van der Waals surface area contributed by atoms with E-state index in [1.54, 1.807) is 0 Å². The van der Waals surface area contributed by atoms with E-state index in [-0.39, 0.29) is 6.04 Å². The zero-order chi connectivity index (χ0) is 11.9. The van der Waals surface area contributed by atoms with Crippen molar-refractivity contribution in [1.29, 1.82) is 0 Å². The highest BCUT2D eigenvalue weighted by atomic mass is 16.5. The summed E-state index contributed by atoms with van der Waals surface area (Å²) >= 11 is 0. The molecule has 0 amide bonds. The number of rotatable bonds is 5. The Bertz CT molecular complexity index is 306. The molecule has 1 aliphatic carbocycles. The first-order valence-electron chi connectivity index (χ1n) is 6.74. The van der Waals surface area contributed by atoms with Crippen LogP contribution in [0.15, 0.2) is 30.3 Å². The van der Waals surface area contributed by atoms with Gasteiger partial charge in [0.25, 0.3) is 0 Å². The molecule has 0 aliphatic heterocycles. The van der Waals surface area contributed by atoms with Gasteiger partial charge in [0, 0.05) is 6.61 Å². The molecule has 0 spiro atoms. The topological polar surface area (TPSA) is 35.2 Å².